The van der Waals surface area contributed by atoms with Crippen molar-refractivity contribution >= 4 is 17.4 Å². The van der Waals surface area contributed by atoms with Gasteiger partial charge in [-0.25, -0.2) is 0 Å². The molecule has 1 aromatic heterocycles. The van der Waals surface area contributed by atoms with Crippen LogP contribution >= 0.6 is 11.3 Å². The molecule has 2 aliphatic heterocycles. The van der Waals surface area contributed by atoms with Crippen molar-refractivity contribution in [3.63, 3.8) is 0 Å². The number of thiophene rings is 1. The van der Waals surface area contributed by atoms with Crippen LogP contribution in [0, 0.1) is 0 Å². The summed E-state index contributed by atoms with van der Waals surface area (Å²) in [4.78, 5) is 5.01. The monoisotopic (exact) mass is 400 g/mol. The number of aliphatic hydroxyl groups is 1. The van der Waals surface area contributed by atoms with E-state index in [1.165, 1.54) is 11.1 Å². The molecule has 0 unspecified atom stereocenters. The number of methoxy groups -OCH3 is 1. The zero-order chi connectivity index (χ0) is 19.3. The van der Waals surface area contributed by atoms with E-state index in [1.807, 2.05) is 12.1 Å². The Balaban J connectivity index is 1.41. The van der Waals surface area contributed by atoms with Gasteiger partial charge < -0.3 is 14.6 Å². The summed E-state index contributed by atoms with van der Waals surface area (Å²) < 4.78 is 11.4. The second-order valence-corrected chi connectivity index (χ2v) is 8.25. The molecule has 2 aromatic rings. The summed E-state index contributed by atoms with van der Waals surface area (Å²) in [5, 5.41) is 13.9. The Kier molecular flexibility index (Phi) is 6.32. The van der Waals surface area contributed by atoms with Gasteiger partial charge in [-0.15, -0.1) is 0 Å². The van der Waals surface area contributed by atoms with Crippen LogP contribution < -0.4 is 9.47 Å². The number of fused-ring (bicyclic) bond motifs is 1. The average Bonchev–Trinajstić information content (AvgIpc) is 3.22. The van der Waals surface area contributed by atoms with Crippen molar-refractivity contribution < 1.29 is 14.6 Å². The lowest BCUT2D eigenvalue weighted by atomic mass is 10.0. The molecule has 28 heavy (non-hydrogen) atoms. The molecule has 0 bridgehead atoms. The van der Waals surface area contributed by atoms with Crippen LogP contribution in [0.1, 0.15) is 17.5 Å². The number of aliphatic hydroxyl groups excluding tert-OH is 1. The van der Waals surface area contributed by atoms with Gasteiger partial charge in [0.15, 0.2) is 11.5 Å². The van der Waals surface area contributed by atoms with Crippen LogP contribution in [0.5, 0.6) is 11.5 Å². The van der Waals surface area contributed by atoms with Crippen LogP contribution in [0.3, 0.4) is 0 Å². The van der Waals surface area contributed by atoms with Gasteiger partial charge in [0, 0.05) is 50.9 Å². The molecule has 1 fully saturated rings. The Bertz CT molecular complexity index is 806. The van der Waals surface area contributed by atoms with Gasteiger partial charge in [0.25, 0.3) is 0 Å². The molecule has 2 aliphatic rings. The molecule has 1 atom stereocenters. The van der Waals surface area contributed by atoms with Gasteiger partial charge in [0.2, 0.25) is 0 Å². The first-order valence-electron chi connectivity index (χ1n) is 9.84. The van der Waals surface area contributed by atoms with Crippen molar-refractivity contribution in [2.75, 3.05) is 46.5 Å². The lowest BCUT2D eigenvalue weighted by molar-refractivity contribution is 0.0575. The van der Waals surface area contributed by atoms with E-state index in [9.17, 15) is 5.11 Å². The van der Waals surface area contributed by atoms with E-state index >= 15 is 0 Å². The predicted molar refractivity (Wildman–Crippen MR) is 113 cm³/mol. The van der Waals surface area contributed by atoms with Crippen LogP contribution in [-0.2, 0) is 6.54 Å². The van der Waals surface area contributed by atoms with Gasteiger partial charge in [-0.1, -0.05) is 12.1 Å². The van der Waals surface area contributed by atoms with E-state index in [0.717, 1.165) is 56.2 Å². The molecule has 1 aromatic carbocycles. The third-order valence-electron chi connectivity index (χ3n) is 5.53. The fraction of sp³-hybridized carbons (Fsp3) is 0.455. The highest BCUT2D eigenvalue weighted by Crippen LogP contribution is 2.35. The molecular weight excluding hydrogens is 372 g/mol. The molecule has 5 nitrogen and oxygen atoms in total. The van der Waals surface area contributed by atoms with Crippen LogP contribution in [0.15, 0.2) is 40.6 Å². The van der Waals surface area contributed by atoms with Crippen molar-refractivity contribution in [3.05, 3.63) is 51.7 Å². The van der Waals surface area contributed by atoms with E-state index in [-0.39, 0.29) is 6.61 Å². The molecule has 0 saturated carbocycles. The standard InChI is InChI=1S/C22H28N2O3S/c1-26-21-4-2-3-19-11-18(15-27-22(19)21)12-23-7-8-24(20(14-23)5-9-25)13-17-6-10-28-16-17/h2-4,6,10-11,16,20,25H,5,7-9,12-15H2,1H3/t20-/m0/s1. The van der Waals surface area contributed by atoms with Crippen molar-refractivity contribution in [1.82, 2.24) is 9.80 Å². The number of ether oxygens (including phenoxy) is 2. The maximum atomic E-state index is 9.54. The minimum absolute atomic E-state index is 0.234. The fourth-order valence-electron chi connectivity index (χ4n) is 4.12. The summed E-state index contributed by atoms with van der Waals surface area (Å²) in [6.45, 7) is 5.76. The number of benzene rings is 1. The molecule has 0 amide bonds. The number of hydrogen-bond donors (Lipinski definition) is 1. The fourth-order valence-corrected chi connectivity index (χ4v) is 4.78. The highest BCUT2D eigenvalue weighted by atomic mass is 32.1. The summed E-state index contributed by atoms with van der Waals surface area (Å²) in [5.74, 6) is 1.63. The SMILES string of the molecule is COc1cccc2c1OCC(CN1CCN(Cc3ccsc3)[C@@H](CCO)C1)=C2. The summed E-state index contributed by atoms with van der Waals surface area (Å²) in [6, 6.07) is 8.59. The van der Waals surface area contributed by atoms with E-state index in [0.29, 0.717) is 12.6 Å². The normalized spacial score (nSPS) is 20.4. The summed E-state index contributed by atoms with van der Waals surface area (Å²) in [7, 11) is 1.68. The number of para-hydroxylation sites is 1. The lowest BCUT2D eigenvalue weighted by Gasteiger charge is -2.41. The van der Waals surface area contributed by atoms with Crippen molar-refractivity contribution in [1.29, 1.82) is 0 Å². The molecule has 0 spiro atoms. The van der Waals surface area contributed by atoms with Gasteiger partial charge in [-0.05, 0) is 46.5 Å². The summed E-state index contributed by atoms with van der Waals surface area (Å²) >= 11 is 1.75. The first-order valence-corrected chi connectivity index (χ1v) is 10.8. The molecule has 4 rings (SSSR count). The van der Waals surface area contributed by atoms with Crippen LogP contribution in [0.25, 0.3) is 6.08 Å². The van der Waals surface area contributed by atoms with Gasteiger partial charge in [0.1, 0.15) is 6.61 Å². The topological polar surface area (TPSA) is 45.2 Å². The van der Waals surface area contributed by atoms with Crippen LogP contribution in [0.2, 0.25) is 0 Å². The molecule has 6 heteroatoms. The third kappa shape index (κ3) is 4.41. The Morgan fingerprint density at radius 3 is 2.96 bits per heavy atom. The van der Waals surface area contributed by atoms with E-state index in [1.54, 1.807) is 18.4 Å². The zero-order valence-electron chi connectivity index (χ0n) is 16.3. The van der Waals surface area contributed by atoms with Gasteiger partial charge in [-0.3, -0.25) is 9.80 Å². The number of rotatable bonds is 7. The second kappa shape index (κ2) is 9.09. The third-order valence-corrected chi connectivity index (χ3v) is 6.27. The first kappa shape index (κ1) is 19.5. The van der Waals surface area contributed by atoms with E-state index in [2.05, 4.69) is 38.8 Å². The molecule has 3 heterocycles. The van der Waals surface area contributed by atoms with E-state index < -0.39 is 0 Å². The highest BCUT2D eigenvalue weighted by Gasteiger charge is 2.27. The summed E-state index contributed by atoms with van der Waals surface area (Å²) in [6.07, 6.45) is 3.05. The molecule has 150 valence electrons. The predicted octanol–water partition coefficient (Wildman–Crippen LogP) is 3.10. The Hall–Kier alpha value is -1.86. The minimum Gasteiger partial charge on any atom is -0.493 e. The van der Waals surface area contributed by atoms with Crippen LogP contribution in [-0.4, -0.2) is 67.5 Å². The second-order valence-electron chi connectivity index (χ2n) is 7.47. The first-order chi connectivity index (χ1) is 13.8. The van der Waals surface area contributed by atoms with Gasteiger partial charge in [0.05, 0.1) is 7.11 Å². The molecule has 0 aliphatic carbocycles. The van der Waals surface area contributed by atoms with Crippen molar-refractivity contribution in [3.8, 4) is 11.5 Å². The molecule has 1 N–H and O–H groups in total. The van der Waals surface area contributed by atoms with Crippen molar-refractivity contribution in [2.24, 2.45) is 0 Å². The number of piperazine rings is 1. The van der Waals surface area contributed by atoms with Crippen LogP contribution in [0.4, 0.5) is 0 Å². The molecule has 1 saturated heterocycles. The van der Waals surface area contributed by atoms with Crippen molar-refractivity contribution in [2.45, 2.75) is 19.0 Å². The Labute approximate surface area is 170 Å². The van der Waals surface area contributed by atoms with Gasteiger partial charge >= 0.3 is 0 Å². The number of hydrogen-bond acceptors (Lipinski definition) is 6. The quantitative estimate of drug-likeness (QED) is 0.774. The van der Waals surface area contributed by atoms with E-state index in [4.69, 9.17) is 9.47 Å². The number of nitrogens with zero attached hydrogens (tertiary/aromatic N) is 2. The maximum Gasteiger partial charge on any atom is 0.168 e. The largest absolute Gasteiger partial charge is 0.493 e. The van der Waals surface area contributed by atoms with Gasteiger partial charge in [-0.2, -0.15) is 11.3 Å². The molecular formula is C22H28N2O3S. The summed E-state index contributed by atoms with van der Waals surface area (Å²) in [5.41, 5.74) is 3.74. The Morgan fingerprint density at radius 1 is 1.25 bits per heavy atom. The minimum atomic E-state index is 0.234. The lowest BCUT2D eigenvalue weighted by Crippen LogP contribution is -2.53. The molecule has 0 radical (unpaired) electrons. The average molecular weight is 401 g/mol. The smallest absolute Gasteiger partial charge is 0.168 e. The maximum absolute atomic E-state index is 9.54. The Morgan fingerprint density at radius 2 is 2.18 bits per heavy atom. The zero-order valence-corrected chi connectivity index (χ0v) is 17.2. The highest BCUT2D eigenvalue weighted by molar-refractivity contribution is 7.07.